The fourth-order valence-electron chi connectivity index (χ4n) is 3.85. The maximum Gasteiger partial charge on any atom is 0.329 e. The topological polar surface area (TPSA) is 107 Å². The van der Waals surface area contributed by atoms with Crippen molar-refractivity contribution in [2.75, 3.05) is 28.4 Å². The summed E-state index contributed by atoms with van der Waals surface area (Å²) in [5.74, 6) is 1.17. The van der Waals surface area contributed by atoms with E-state index < -0.39 is 18.0 Å². The lowest BCUT2D eigenvalue weighted by molar-refractivity contribution is -0.119. The van der Waals surface area contributed by atoms with Crippen LogP contribution in [-0.2, 0) is 23.0 Å². The number of aliphatic imine (C=N–C) groups is 1. The number of nitrogens with zero attached hydrogens (tertiary/aromatic N) is 4. The van der Waals surface area contributed by atoms with Crippen molar-refractivity contribution in [3.05, 3.63) is 71.0 Å². The van der Waals surface area contributed by atoms with Gasteiger partial charge in [0.2, 0.25) is 11.8 Å². The maximum absolute atomic E-state index is 12.4. The zero-order valence-corrected chi connectivity index (χ0v) is 20.2. The second-order valence-corrected chi connectivity index (χ2v) is 7.97. The number of hydrogen-bond acceptors (Lipinski definition) is 7. The van der Waals surface area contributed by atoms with E-state index in [0.29, 0.717) is 12.1 Å². The molecule has 3 aromatic rings. The van der Waals surface area contributed by atoms with Crippen LogP contribution in [0.1, 0.15) is 28.6 Å². The van der Waals surface area contributed by atoms with Crippen LogP contribution in [0, 0.1) is 0 Å². The van der Waals surface area contributed by atoms with E-state index in [1.807, 2.05) is 55.6 Å². The molecular formula is C25H27N5O5. The molecule has 3 amide bonds. The van der Waals surface area contributed by atoms with Crippen molar-refractivity contribution in [3.8, 4) is 11.5 Å². The van der Waals surface area contributed by atoms with Crippen LogP contribution in [0.3, 0.4) is 0 Å². The number of ether oxygens (including phenoxy) is 3. The lowest BCUT2D eigenvalue weighted by atomic mass is 10.0. The lowest BCUT2D eigenvalue weighted by Crippen LogP contribution is -2.25. The number of amides is 3. The molecule has 182 valence electrons. The molecule has 0 bridgehead atoms. The number of imidazole rings is 1. The summed E-state index contributed by atoms with van der Waals surface area (Å²) in [6, 6.07) is 14.8. The minimum atomic E-state index is -0.533. The number of carbonyl (C=O) groups excluding carboxylic acids is 2. The highest BCUT2D eigenvalue weighted by atomic mass is 16.5. The smallest absolute Gasteiger partial charge is 0.329 e. The summed E-state index contributed by atoms with van der Waals surface area (Å²) in [5.41, 5.74) is 3.41. The first-order chi connectivity index (χ1) is 16.9. The van der Waals surface area contributed by atoms with Crippen molar-refractivity contribution in [2.45, 2.75) is 12.5 Å². The normalized spacial score (nSPS) is 15.5. The van der Waals surface area contributed by atoms with E-state index in [-0.39, 0.29) is 11.8 Å². The fraction of sp³-hybridized carbons (Fsp3) is 0.280. The number of likely N-dealkylation sites (N-methyl/N-ethyl adjacent to an activating group) is 1. The van der Waals surface area contributed by atoms with Gasteiger partial charge in [0.05, 0.1) is 19.9 Å². The molecule has 1 aromatic heterocycles. The van der Waals surface area contributed by atoms with E-state index >= 15 is 0 Å². The van der Waals surface area contributed by atoms with Crippen molar-refractivity contribution in [1.29, 1.82) is 0 Å². The van der Waals surface area contributed by atoms with Crippen molar-refractivity contribution in [1.82, 2.24) is 19.8 Å². The van der Waals surface area contributed by atoms with Crippen LogP contribution < -0.4 is 14.8 Å². The molecular weight excluding hydrogens is 450 g/mol. The van der Waals surface area contributed by atoms with Gasteiger partial charge < -0.3 is 18.8 Å². The Morgan fingerprint density at radius 1 is 0.943 bits per heavy atom. The highest BCUT2D eigenvalue weighted by molar-refractivity contribution is 6.47. The van der Waals surface area contributed by atoms with Gasteiger partial charge in [0.25, 0.3) is 5.91 Å². The molecule has 2 aromatic carbocycles. The second kappa shape index (κ2) is 9.98. The largest absolute Gasteiger partial charge is 0.497 e. The molecule has 1 saturated heterocycles. The molecule has 0 spiro atoms. The van der Waals surface area contributed by atoms with Crippen LogP contribution in [0.4, 0.5) is 10.7 Å². The minimum absolute atomic E-state index is 0.0773. The van der Waals surface area contributed by atoms with Gasteiger partial charge in [-0.15, -0.1) is 0 Å². The quantitative estimate of drug-likeness (QED) is 0.500. The SMILES string of the molecule is COc1ccc(Cc2c([C@H](OC)c3ccc(OC)cc3)nc(N=C3NC(=O)N(C)C3=O)n2C)cc1. The average Bonchev–Trinajstić information content (AvgIpc) is 3.31. The first kappa shape index (κ1) is 24.0. The van der Waals surface area contributed by atoms with Crippen LogP contribution in [0.15, 0.2) is 53.5 Å². The van der Waals surface area contributed by atoms with Crippen LogP contribution in [0.5, 0.6) is 11.5 Å². The van der Waals surface area contributed by atoms with Gasteiger partial charge in [-0.1, -0.05) is 24.3 Å². The van der Waals surface area contributed by atoms with Crippen LogP contribution in [0.25, 0.3) is 0 Å². The summed E-state index contributed by atoms with van der Waals surface area (Å²) in [6.07, 6.45) is 0.0371. The number of rotatable bonds is 8. The van der Waals surface area contributed by atoms with Crippen LogP contribution in [0.2, 0.25) is 0 Å². The van der Waals surface area contributed by atoms with Gasteiger partial charge in [0.15, 0.2) is 0 Å². The standard InChI is InChI=1S/C25H27N5O5/c1-29-19(14-15-6-10-17(33-3)11-7-15)20(21(35-5)16-8-12-18(34-4)13-9-16)26-24(29)27-22-23(31)30(2)25(32)28-22/h6-13,21H,14H2,1-5H3,(H,26,27,28,32)/t21-/m1/s1. The zero-order chi connectivity index (χ0) is 25.1. The Kier molecular flexibility index (Phi) is 6.83. The Morgan fingerprint density at radius 3 is 2.06 bits per heavy atom. The maximum atomic E-state index is 12.4. The molecule has 2 heterocycles. The Hall–Kier alpha value is -4.18. The van der Waals surface area contributed by atoms with Gasteiger partial charge in [-0.05, 0) is 35.4 Å². The summed E-state index contributed by atoms with van der Waals surface area (Å²) in [6.45, 7) is 0. The first-order valence-corrected chi connectivity index (χ1v) is 10.9. The van der Waals surface area contributed by atoms with Gasteiger partial charge in [0, 0.05) is 33.3 Å². The predicted octanol–water partition coefficient (Wildman–Crippen LogP) is 2.98. The number of urea groups is 1. The van der Waals surface area contributed by atoms with E-state index in [2.05, 4.69) is 10.3 Å². The number of imide groups is 1. The number of methoxy groups -OCH3 is 3. The molecule has 10 nitrogen and oxygen atoms in total. The highest BCUT2D eigenvalue weighted by Gasteiger charge is 2.33. The molecule has 1 atom stereocenters. The van der Waals surface area contributed by atoms with E-state index in [9.17, 15) is 9.59 Å². The molecule has 1 aliphatic heterocycles. The third kappa shape index (κ3) is 4.73. The van der Waals surface area contributed by atoms with Crippen molar-refractivity contribution < 1.29 is 23.8 Å². The van der Waals surface area contributed by atoms with Crippen LogP contribution >= 0.6 is 0 Å². The number of hydrogen-bond donors (Lipinski definition) is 1. The van der Waals surface area contributed by atoms with Crippen molar-refractivity contribution in [3.63, 3.8) is 0 Å². The van der Waals surface area contributed by atoms with Crippen molar-refractivity contribution >= 4 is 23.7 Å². The number of benzene rings is 2. The summed E-state index contributed by atoms with van der Waals surface area (Å²) in [7, 11) is 8.06. The molecule has 35 heavy (non-hydrogen) atoms. The molecule has 4 rings (SSSR count). The molecule has 10 heteroatoms. The third-order valence-electron chi connectivity index (χ3n) is 5.90. The lowest BCUT2D eigenvalue weighted by Gasteiger charge is -2.17. The predicted molar refractivity (Wildman–Crippen MR) is 129 cm³/mol. The molecule has 1 aliphatic rings. The van der Waals surface area contributed by atoms with Gasteiger partial charge >= 0.3 is 6.03 Å². The Balaban J connectivity index is 1.79. The van der Waals surface area contributed by atoms with E-state index in [1.54, 1.807) is 25.9 Å². The average molecular weight is 478 g/mol. The third-order valence-corrected chi connectivity index (χ3v) is 5.90. The van der Waals surface area contributed by atoms with E-state index in [4.69, 9.17) is 19.2 Å². The summed E-state index contributed by atoms with van der Waals surface area (Å²) < 4.78 is 18.2. The summed E-state index contributed by atoms with van der Waals surface area (Å²) in [4.78, 5) is 34.3. The van der Waals surface area contributed by atoms with Crippen LogP contribution in [-0.4, -0.2) is 60.6 Å². The molecule has 0 saturated carbocycles. The first-order valence-electron chi connectivity index (χ1n) is 10.9. The fourth-order valence-corrected chi connectivity index (χ4v) is 3.85. The Bertz CT molecular complexity index is 1260. The number of amidine groups is 1. The monoisotopic (exact) mass is 477 g/mol. The minimum Gasteiger partial charge on any atom is -0.497 e. The number of nitrogens with one attached hydrogen (secondary N) is 1. The second-order valence-electron chi connectivity index (χ2n) is 7.97. The van der Waals surface area contributed by atoms with Gasteiger partial charge in [0.1, 0.15) is 17.6 Å². The zero-order valence-electron chi connectivity index (χ0n) is 20.2. The highest BCUT2D eigenvalue weighted by Crippen LogP contribution is 2.32. The molecule has 1 N–H and O–H groups in total. The van der Waals surface area contributed by atoms with E-state index in [1.165, 1.54) is 7.05 Å². The van der Waals surface area contributed by atoms with Crippen molar-refractivity contribution in [2.24, 2.45) is 12.0 Å². The molecule has 0 radical (unpaired) electrons. The van der Waals surface area contributed by atoms with Gasteiger partial charge in [-0.3, -0.25) is 15.0 Å². The Morgan fingerprint density at radius 2 is 1.54 bits per heavy atom. The van der Waals surface area contributed by atoms with E-state index in [0.717, 1.165) is 33.2 Å². The number of aromatic nitrogens is 2. The summed E-state index contributed by atoms with van der Waals surface area (Å²) in [5, 5.41) is 2.48. The Labute approximate surface area is 203 Å². The van der Waals surface area contributed by atoms with Gasteiger partial charge in [-0.2, -0.15) is 4.99 Å². The molecule has 1 fully saturated rings. The molecule has 0 unspecified atom stereocenters. The number of carbonyl (C=O) groups is 2. The molecule has 0 aliphatic carbocycles. The summed E-state index contributed by atoms with van der Waals surface area (Å²) >= 11 is 0. The van der Waals surface area contributed by atoms with Gasteiger partial charge in [-0.25, -0.2) is 9.78 Å².